The third-order valence-corrected chi connectivity index (χ3v) is 5.65. The summed E-state index contributed by atoms with van der Waals surface area (Å²) in [4.78, 5) is 12.0. The number of carboxylic acid groups (broad SMARTS) is 1. The van der Waals surface area contributed by atoms with Crippen LogP contribution in [0.2, 0.25) is 0 Å². The largest absolute Gasteiger partial charge is 0.478 e. The second-order valence-electron chi connectivity index (χ2n) is 6.89. The van der Waals surface area contributed by atoms with Crippen LogP contribution in [0.4, 0.5) is 0 Å². The number of benzene rings is 4. The zero-order valence-electron chi connectivity index (χ0n) is 15.7. The lowest BCUT2D eigenvalue weighted by molar-refractivity contribution is 0.0693. The highest BCUT2D eigenvalue weighted by Gasteiger charge is 2.38. The number of rotatable bonds is 5. The van der Waals surface area contributed by atoms with Gasteiger partial charge in [-0.05, 0) is 34.4 Å². The van der Waals surface area contributed by atoms with Gasteiger partial charge in [0.25, 0.3) is 0 Å². The minimum atomic E-state index is -0.980. The molecule has 0 heterocycles. The Morgan fingerprint density at radius 3 is 1.38 bits per heavy atom. The van der Waals surface area contributed by atoms with Crippen LogP contribution >= 0.6 is 12.6 Å². The molecule has 0 amide bonds. The minimum absolute atomic E-state index is 0.195. The van der Waals surface area contributed by atoms with Crippen molar-refractivity contribution >= 4 is 18.6 Å². The van der Waals surface area contributed by atoms with E-state index < -0.39 is 11.4 Å². The van der Waals surface area contributed by atoms with Crippen LogP contribution < -0.4 is 0 Å². The van der Waals surface area contributed by atoms with Crippen molar-refractivity contribution in [2.45, 2.75) is 10.3 Å². The molecule has 4 aromatic carbocycles. The molecule has 0 saturated carbocycles. The Labute approximate surface area is 175 Å². The average Bonchev–Trinajstić information content (AvgIpc) is 2.76. The number of hydrogen-bond acceptors (Lipinski definition) is 2. The quantitative estimate of drug-likeness (QED) is 0.318. The molecule has 3 heteroatoms. The standard InChI is InChI=1S/C26H20O2S/c27-25(28)23-17-16-22(18-24(23)29)26(19-10-4-1-5-11-19,20-12-6-2-7-13-20)21-14-8-3-9-15-21/h1-18,29H,(H,27,28). The Hall–Kier alpha value is -3.30. The number of aromatic carboxylic acids is 1. The summed E-state index contributed by atoms with van der Waals surface area (Å²) in [6.45, 7) is 0. The average molecular weight is 397 g/mol. The molecule has 0 saturated heterocycles. The van der Waals surface area contributed by atoms with E-state index in [4.69, 9.17) is 0 Å². The predicted octanol–water partition coefficient (Wildman–Crippen LogP) is 6.06. The SMILES string of the molecule is O=C(O)c1ccc(C(c2ccccc2)(c2ccccc2)c2ccccc2)cc1S. The van der Waals surface area contributed by atoms with E-state index in [-0.39, 0.29) is 5.56 Å². The van der Waals surface area contributed by atoms with E-state index in [1.54, 1.807) is 6.07 Å². The summed E-state index contributed by atoms with van der Waals surface area (Å²) in [5.41, 5.74) is 3.88. The van der Waals surface area contributed by atoms with E-state index >= 15 is 0 Å². The van der Waals surface area contributed by atoms with Crippen molar-refractivity contribution in [3.05, 3.63) is 137 Å². The highest BCUT2D eigenvalue weighted by molar-refractivity contribution is 7.80. The minimum Gasteiger partial charge on any atom is -0.478 e. The van der Waals surface area contributed by atoms with Gasteiger partial charge >= 0.3 is 5.97 Å². The van der Waals surface area contributed by atoms with Gasteiger partial charge in [0.15, 0.2) is 0 Å². The first-order valence-electron chi connectivity index (χ1n) is 9.37. The highest BCUT2D eigenvalue weighted by atomic mass is 32.1. The van der Waals surface area contributed by atoms with E-state index in [1.165, 1.54) is 0 Å². The summed E-state index contributed by atoms with van der Waals surface area (Å²) in [6.07, 6.45) is 0. The van der Waals surface area contributed by atoms with E-state index in [9.17, 15) is 9.90 Å². The smallest absolute Gasteiger partial charge is 0.336 e. The van der Waals surface area contributed by atoms with Crippen LogP contribution in [0.3, 0.4) is 0 Å². The summed E-state index contributed by atoms with van der Waals surface area (Å²) in [7, 11) is 0. The molecule has 0 radical (unpaired) electrons. The maximum absolute atomic E-state index is 11.5. The molecule has 29 heavy (non-hydrogen) atoms. The normalized spacial score (nSPS) is 11.2. The second kappa shape index (κ2) is 7.98. The third kappa shape index (κ3) is 3.34. The molecule has 0 aliphatic rings. The lowest BCUT2D eigenvalue weighted by Gasteiger charge is -2.37. The zero-order valence-corrected chi connectivity index (χ0v) is 16.6. The number of thiol groups is 1. The fraction of sp³-hybridized carbons (Fsp3) is 0.0385. The Balaban J connectivity index is 2.12. The van der Waals surface area contributed by atoms with Gasteiger partial charge in [-0.15, -0.1) is 12.6 Å². The highest BCUT2D eigenvalue weighted by Crippen LogP contribution is 2.45. The number of hydrogen-bond donors (Lipinski definition) is 2. The molecule has 0 atom stereocenters. The lowest BCUT2D eigenvalue weighted by Crippen LogP contribution is -2.31. The molecular weight excluding hydrogens is 376 g/mol. The van der Waals surface area contributed by atoms with Crippen molar-refractivity contribution in [2.24, 2.45) is 0 Å². The van der Waals surface area contributed by atoms with Crippen LogP contribution in [0.5, 0.6) is 0 Å². The Bertz CT molecular complexity index is 1030. The van der Waals surface area contributed by atoms with Crippen molar-refractivity contribution in [1.82, 2.24) is 0 Å². The van der Waals surface area contributed by atoms with Crippen molar-refractivity contribution in [2.75, 3.05) is 0 Å². The van der Waals surface area contributed by atoms with Crippen LogP contribution in [0, 0.1) is 0 Å². The Morgan fingerprint density at radius 1 is 0.621 bits per heavy atom. The van der Waals surface area contributed by atoms with Gasteiger partial charge in [-0.25, -0.2) is 4.79 Å². The molecule has 0 bridgehead atoms. The monoisotopic (exact) mass is 396 g/mol. The van der Waals surface area contributed by atoms with Crippen molar-refractivity contribution in [1.29, 1.82) is 0 Å². The molecule has 0 aromatic heterocycles. The van der Waals surface area contributed by atoms with Crippen LogP contribution in [-0.2, 0) is 5.41 Å². The van der Waals surface area contributed by atoms with Gasteiger partial charge in [-0.1, -0.05) is 97.1 Å². The molecule has 0 fully saturated rings. The first kappa shape index (κ1) is 19.0. The van der Waals surface area contributed by atoms with Gasteiger partial charge in [0.2, 0.25) is 0 Å². The third-order valence-electron chi connectivity index (χ3n) is 5.28. The summed E-state index contributed by atoms with van der Waals surface area (Å²) < 4.78 is 0. The summed E-state index contributed by atoms with van der Waals surface area (Å²) in [5, 5.41) is 9.46. The second-order valence-corrected chi connectivity index (χ2v) is 7.37. The molecule has 0 aliphatic carbocycles. The van der Waals surface area contributed by atoms with Crippen LogP contribution in [0.25, 0.3) is 0 Å². The maximum Gasteiger partial charge on any atom is 0.336 e. The first-order valence-corrected chi connectivity index (χ1v) is 9.82. The Morgan fingerprint density at radius 2 is 1.03 bits per heavy atom. The zero-order chi connectivity index (χ0) is 20.3. The van der Waals surface area contributed by atoms with Gasteiger partial charge in [0.05, 0.1) is 11.0 Å². The molecule has 0 unspecified atom stereocenters. The van der Waals surface area contributed by atoms with E-state index in [1.807, 2.05) is 66.7 Å². The van der Waals surface area contributed by atoms with Gasteiger partial charge in [-0.2, -0.15) is 0 Å². The first-order chi connectivity index (χ1) is 14.1. The molecule has 1 N–H and O–H groups in total. The summed E-state index contributed by atoms with van der Waals surface area (Å²) in [6, 6.07) is 36.3. The summed E-state index contributed by atoms with van der Waals surface area (Å²) >= 11 is 4.50. The molecule has 4 rings (SSSR count). The van der Waals surface area contributed by atoms with Crippen LogP contribution in [-0.4, -0.2) is 11.1 Å². The van der Waals surface area contributed by atoms with E-state index in [0.717, 1.165) is 22.3 Å². The number of carbonyl (C=O) groups is 1. The molecule has 4 aromatic rings. The van der Waals surface area contributed by atoms with Crippen LogP contribution in [0.15, 0.2) is 114 Å². The van der Waals surface area contributed by atoms with Gasteiger partial charge in [0.1, 0.15) is 0 Å². The molecule has 0 aliphatic heterocycles. The predicted molar refractivity (Wildman–Crippen MR) is 119 cm³/mol. The lowest BCUT2D eigenvalue weighted by atomic mass is 9.65. The van der Waals surface area contributed by atoms with Crippen molar-refractivity contribution in [3.63, 3.8) is 0 Å². The fourth-order valence-corrected chi connectivity index (χ4v) is 4.32. The van der Waals surface area contributed by atoms with Crippen LogP contribution in [0.1, 0.15) is 32.6 Å². The molecular formula is C26H20O2S. The van der Waals surface area contributed by atoms with E-state index in [2.05, 4.69) is 49.0 Å². The van der Waals surface area contributed by atoms with Gasteiger partial charge in [-0.3, -0.25) is 0 Å². The topological polar surface area (TPSA) is 37.3 Å². The number of carboxylic acids is 1. The van der Waals surface area contributed by atoms with Crippen molar-refractivity contribution < 1.29 is 9.90 Å². The molecule has 142 valence electrons. The maximum atomic E-state index is 11.5. The van der Waals surface area contributed by atoms with E-state index in [0.29, 0.717) is 4.90 Å². The van der Waals surface area contributed by atoms with Gasteiger partial charge in [0, 0.05) is 4.90 Å². The van der Waals surface area contributed by atoms with Crippen molar-refractivity contribution in [3.8, 4) is 0 Å². The molecule has 0 spiro atoms. The summed E-state index contributed by atoms with van der Waals surface area (Å²) in [5.74, 6) is -0.980. The molecule has 2 nitrogen and oxygen atoms in total. The Kier molecular flexibility index (Phi) is 5.24. The fourth-order valence-electron chi connectivity index (χ4n) is 4.01. The van der Waals surface area contributed by atoms with Gasteiger partial charge < -0.3 is 5.11 Å².